The lowest BCUT2D eigenvalue weighted by atomic mass is 10.1. The lowest BCUT2D eigenvalue weighted by molar-refractivity contribution is 0.102. The molecule has 1 fully saturated rings. The Balaban J connectivity index is 1.52. The van der Waals surface area contributed by atoms with Gasteiger partial charge in [0, 0.05) is 30.7 Å². The van der Waals surface area contributed by atoms with Crippen LogP contribution >= 0.6 is 0 Å². The zero-order valence-corrected chi connectivity index (χ0v) is 14.4. The predicted molar refractivity (Wildman–Crippen MR) is 100 cm³/mol. The number of nitrogens with one attached hydrogen (secondary N) is 1. The van der Waals surface area contributed by atoms with Crippen molar-refractivity contribution in [1.29, 1.82) is 0 Å². The zero-order valence-electron chi connectivity index (χ0n) is 14.4. The average molecular weight is 334 g/mol. The van der Waals surface area contributed by atoms with Gasteiger partial charge in [0.1, 0.15) is 5.82 Å². The van der Waals surface area contributed by atoms with E-state index in [1.54, 1.807) is 0 Å². The SMILES string of the molecule is Cc1nc(C(=O)Nc2ccc(N3CCCCC3)cc2)c2ccccn12. The molecule has 1 amide bonds. The molecule has 25 heavy (non-hydrogen) atoms. The quantitative estimate of drug-likeness (QED) is 0.791. The molecule has 128 valence electrons. The summed E-state index contributed by atoms with van der Waals surface area (Å²) in [4.78, 5) is 19.5. The number of piperidine rings is 1. The first-order chi connectivity index (χ1) is 12.2. The molecule has 5 nitrogen and oxygen atoms in total. The number of benzene rings is 1. The van der Waals surface area contributed by atoms with Gasteiger partial charge in [-0.1, -0.05) is 6.07 Å². The maximum atomic E-state index is 12.6. The van der Waals surface area contributed by atoms with Crippen molar-refractivity contribution in [2.45, 2.75) is 26.2 Å². The summed E-state index contributed by atoms with van der Waals surface area (Å²) in [6.45, 7) is 4.13. The summed E-state index contributed by atoms with van der Waals surface area (Å²) in [6.07, 6.45) is 5.75. The highest BCUT2D eigenvalue weighted by atomic mass is 16.1. The van der Waals surface area contributed by atoms with Crippen LogP contribution in [0.5, 0.6) is 0 Å². The smallest absolute Gasteiger partial charge is 0.276 e. The largest absolute Gasteiger partial charge is 0.372 e. The number of carbonyl (C=O) groups excluding carboxylic acids is 1. The number of pyridine rings is 1. The van der Waals surface area contributed by atoms with Crippen molar-refractivity contribution < 1.29 is 4.79 Å². The van der Waals surface area contributed by atoms with Crippen LogP contribution in [0.3, 0.4) is 0 Å². The molecular weight excluding hydrogens is 312 g/mol. The van der Waals surface area contributed by atoms with Gasteiger partial charge in [-0.3, -0.25) is 4.79 Å². The van der Waals surface area contributed by atoms with E-state index in [0.29, 0.717) is 5.69 Å². The summed E-state index contributed by atoms with van der Waals surface area (Å²) in [6, 6.07) is 13.9. The van der Waals surface area contributed by atoms with Crippen LogP contribution in [0.2, 0.25) is 0 Å². The number of aromatic nitrogens is 2. The van der Waals surface area contributed by atoms with Crippen LogP contribution in [0.4, 0.5) is 11.4 Å². The number of amides is 1. The van der Waals surface area contributed by atoms with Crippen molar-refractivity contribution in [2.75, 3.05) is 23.3 Å². The monoisotopic (exact) mass is 334 g/mol. The predicted octanol–water partition coefficient (Wildman–Crippen LogP) is 3.89. The molecular formula is C20H22N4O. The molecule has 0 unspecified atom stereocenters. The van der Waals surface area contributed by atoms with Crippen LogP contribution in [0.1, 0.15) is 35.6 Å². The minimum atomic E-state index is -0.178. The molecule has 5 heteroatoms. The minimum absolute atomic E-state index is 0.178. The van der Waals surface area contributed by atoms with Gasteiger partial charge in [-0.15, -0.1) is 0 Å². The molecule has 0 bridgehead atoms. The van der Waals surface area contributed by atoms with Gasteiger partial charge in [0.15, 0.2) is 5.69 Å². The fraction of sp³-hybridized carbons (Fsp3) is 0.300. The van der Waals surface area contributed by atoms with E-state index in [-0.39, 0.29) is 5.91 Å². The topological polar surface area (TPSA) is 49.6 Å². The Bertz CT molecular complexity index is 892. The number of aryl methyl sites for hydroxylation is 1. The van der Waals surface area contributed by atoms with Crippen molar-refractivity contribution in [2.24, 2.45) is 0 Å². The lowest BCUT2D eigenvalue weighted by Crippen LogP contribution is -2.29. The fourth-order valence-electron chi connectivity index (χ4n) is 3.46. The van der Waals surface area contributed by atoms with E-state index in [0.717, 1.165) is 30.1 Å². The molecule has 4 rings (SSSR count). The van der Waals surface area contributed by atoms with Crippen LogP contribution in [0.25, 0.3) is 5.52 Å². The third-order valence-electron chi connectivity index (χ3n) is 4.79. The summed E-state index contributed by atoms with van der Waals surface area (Å²) < 4.78 is 1.92. The molecule has 0 spiro atoms. The number of anilines is 2. The van der Waals surface area contributed by atoms with Gasteiger partial charge in [0.25, 0.3) is 5.91 Å². The standard InChI is InChI=1S/C20H22N4O/c1-15-21-19(18-7-3-6-14-24(15)18)20(25)22-16-8-10-17(11-9-16)23-12-4-2-5-13-23/h3,6-11,14H,2,4-5,12-13H2,1H3,(H,22,25). The molecule has 1 aliphatic rings. The van der Waals surface area contributed by atoms with Crippen molar-refractivity contribution in [3.63, 3.8) is 0 Å². The Morgan fingerprint density at radius 2 is 1.80 bits per heavy atom. The van der Waals surface area contributed by atoms with Crippen LogP contribution in [0, 0.1) is 6.92 Å². The van der Waals surface area contributed by atoms with Gasteiger partial charge in [0.2, 0.25) is 0 Å². The minimum Gasteiger partial charge on any atom is -0.372 e. The number of rotatable bonds is 3. The highest BCUT2D eigenvalue weighted by Crippen LogP contribution is 2.22. The van der Waals surface area contributed by atoms with E-state index < -0.39 is 0 Å². The Hall–Kier alpha value is -2.82. The third-order valence-corrected chi connectivity index (χ3v) is 4.79. The Kier molecular flexibility index (Phi) is 4.14. The Morgan fingerprint density at radius 1 is 1.04 bits per heavy atom. The second kappa shape index (κ2) is 6.59. The average Bonchev–Trinajstić information content (AvgIpc) is 3.00. The van der Waals surface area contributed by atoms with Gasteiger partial charge in [-0.25, -0.2) is 4.98 Å². The number of imidazole rings is 1. The number of hydrogen-bond acceptors (Lipinski definition) is 3. The molecule has 2 aromatic heterocycles. The van der Waals surface area contributed by atoms with E-state index in [2.05, 4.69) is 27.3 Å². The first kappa shape index (κ1) is 15.7. The summed E-state index contributed by atoms with van der Waals surface area (Å²) in [5, 5.41) is 2.96. The lowest BCUT2D eigenvalue weighted by Gasteiger charge is -2.28. The first-order valence-corrected chi connectivity index (χ1v) is 8.82. The number of carbonyl (C=O) groups is 1. The van der Waals surface area contributed by atoms with Crippen LogP contribution in [-0.4, -0.2) is 28.4 Å². The van der Waals surface area contributed by atoms with Crippen molar-refractivity contribution in [1.82, 2.24) is 9.38 Å². The first-order valence-electron chi connectivity index (χ1n) is 8.82. The molecule has 0 saturated carbocycles. The second-order valence-corrected chi connectivity index (χ2v) is 6.51. The van der Waals surface area contributed by atoms with Crippen molar-refractivity contribution in [3.05, 3.63) is 60.2 Å². The maximum absolute atomic E-state index is 12.6. The van der Waals surface area contributed by atoms with Crippen LogP contribution in [0.15, 0.2) is 48.7 Å². The van der Waals surface area contributed by atoms with Crippen molar-refractivity contribution in [3.8, 4) is 0 Å². The molecule has 0 radical (unpaired) electrons. The highest BCUT2D eigenvalue weighted by molar-refractivity contribution is 6.07. The Labute approximate surface area is 147 Å². The van der Waals surface area contributed by atoms with E-state index >= 15 is 0 Å². The van der Waals surface area contributed by atoms with E-state index in [1.165, 1.54) is 24.9 Å². The molecule has 3 aromatic rings. The summed E-state index contributed by atoms with van der Waals surface area (Å²) >= 11 is 0. The van der Waals surface area contributed by atoms with Gasteiger partial charge in [-0.05, 0) is 62.6 Å². The van der Waals surface area contributed by atoms with Gasteiger partial charge in [0.05, 0.1) is 5.52 Å². The van der Waals surface area contributed by atoms with Gasteiger partial charge in [-0.2, -0.15) is 0 Å². The fourth-order valence-corrected chi connectivity index (χ4v) is 3.46. The number of hydrogen-bond donors (Lipinski definition) is 1. The molecule has 1 aromatic carbocycles. The zero-order chi connectivity index (χ0) is 17.2. The molecule has 1 aliphatic heterocycles. The second-order valence-electron chi connectivity index (χ2n) is 6.51. The molecule has 3 heterocycles. The summed E-state index contributed by atoms with van der Waals surface area (Å²) in [5.41, 5.74) is 3.29. The summed E-state index contributed by atoms with van der Waals surface area (Å²) in [7, 11) is 0. The molecule has 0 aliphatic carbocycles. The van der Waals surface area contributed by atoms with Gasteiger partial charge < -0.3 is 14.6 Å². The number of nitrogens with zero attached hydrogens (tertiary/aromatic N) is 3. The maximum Gasteiger partial charge on any atom is 0.276 e. The van der Waals surface area contributed by atoms with Crippen molar-refractivity contribution >= 4 is 22.8 Å². The van der Waals surface area contributed by atoms with Gasteiger partial charge >= 0.3 is 0 Å². The molecule has 1 saturated heterocycles. The third kappa shape index (κ3) is 3.09. The van der Waals surface area contributed by atoms with Crippen LogP contribution < -0.4 is 10.2 Å². The molecule has 1 N–H and O–H groups in total. The number of fused-ring (bicyclic) bond motifs is 1. The summed E-state index contributed by atoms with van der Waals surface area (Å²) in [5.74, 6) is 0.628. The highest BCUT2D eigenvalue weighted by Gasteiger charge is 2.16. The van der Waals surface area contributed by atoms with E-state index in [9.17, 15) is 4.79 Å². The normalized spacial score (nSPS) is 14.7. The van der Waals surface area contributed by atoms with E-state index in [1.807, 2.05) is 47.9 Å². The molecule has 0 atom stereocenters. The van der Waals surface area contributed by atoms with Crippen LogP contribution in [-0.2, 0) is 0 Å². The van der Waals surface area contributed by atoms with E-state index in [4.69, 9.17) is 0 Å². The Morgan fingerprint density at radius 3 is 2.56 bits per heavy atom.